The van der Waals surface area contributed by atoms with Gasteiger partial charge in [-0.1, -0.05) is 32.4 Å². The second kappa shape index (κ2) is 6.62. The summed E-state index contributed by atoms with van der Waals surface area (Å²) in [7, 11) is 4.22. The highest BCUT2D eigenvalue weighted by atomic mass is 15.0. The second-order valence-electron chi connectivity index (χ2n) is 7.37. The Bertz CT molecular complexity index is 406. The molecule has 0 saturated heterocycles. The largest absolute Gasteiger partial charge is 0.382 e. The summed E-state index contributed by atoms with van der Waals surface area (Å²) in [6, 6.07) is 9.59. The van der Waals surface area contributed by atoms with E-state index in [2.05, 4.69) is 62.4 Å². The predicted molar refractivity (Wildman–Crippen MR) is 88.1 cm³/mol. The third-order valence-electron chi connectivity index (χ3n) is 4.40. The van der Waals surface area contributed by atoms with Crippen LogP contribution in [0.4, 0.5) is 5.69 Å². The molecular formula is C18H30N2. The highest BCUT2D eigenvalue weighted by Gasteiger charge is 2.24. The van der Waals surface area contributed by atoms with E-state index in [9.17, 15) is 0 Å². The molecule has 20 heavy (non-hydrogen) atoms. The molecule has 1 aliphatic carbocycles. The van der Waals surface area contributed by atoms with Gasteiger partial charge < -0.3 is 10.2 Å². The van der Waals surface area contributed by atoms with Gasteiger partial charge in [-0.3, -0.25) is 0 Å². The van der Waals surface area contributed by atoms with Crippen molar-refractivity contribution < 1.29 is 0 Å². The van der Waals surface area contributed by atoms with Crippen molar-refractivity contribution in [3.8, 4) is 0 Å². The van der Waals surface area contributed by atoms with Crippen molar-refractivity contribution in [1.82, 2.24) is 4.90 Å². The van der Waals surface area contributed by atoms with Crippen molar-refractivity contribution in [2.45, 2.75) is 58.5 Å². The van der Waals surface area contributed by atoms with E-state index in [0.29, 0.717) is 11.5 Å². The van der Waals surface area contributed by atoms with Gasteiger partial charge >= 0.3 is 0 Å². The molecule has 1 fully saturated rings. The van der Waals surface area contributed by atoms with Crippen LogP contribution in [0.2, 0.25) is 0 Å². The Hall–Kier alpha value is -1.02. The minimum absolute atomic E-state index is 0.534. The summed E-state index contributed by atoms with van der Waals surface area (Å²) in [5, 5.41) is 3.73. The van der Waals surface area contributed by atoms with Gasteiger partial charge in [0.25, 0.3) is 0 Å². The topological polar surface area (TPSA) is 15.3 Å². The molecular weight excluding hydrogens is 244 g/mol. The van der Waals surface area contributed by atoms with E-state index in [4.69, 9.17) is 0 Å². The Morgan fingerprint density at radius 3 is 2.45 bits per heavy atom. The van der Waals surface area contributed by atoms with Crippen molar-refractivity contribution in [2.24, 2.45) is 5.41 Å². The Kier molecular flexibility index (Phi) is 5.09. The van der Waals surface area contributed by atoms with E-state index in [1.807, 2.05) is 0 Å². The van der Waals surface area contributed by atoms with Crippen LogP contribution in [0.5, 0.6) is 0 Å². The smallest absolute Gasteiger partial charge is 0.0342 e. The molecule has 112 valence electrons. The van der Waals surface area contributed by atoms with E-state index in [0.717, 1.165) is 6.54 Å². The van der Waals surface area contributed by atoms with Crippen LogP contribution in [-0.2, 0) is 6.54 Å². The average molecular weight is 274 g/mol. The highest BCUT2D eigenvalue weighted by molar-refractivity contribution is 5.45. The maximum Gasteiger partial charge on any atom is 0.0342 e. The molecule has 0 spiro atoms. The predicted octanol–water partition coefficient (Wildman–Crippen LogP) is 4.52. The first-order valence-electron chi connectivity index (χ1n) is 7.95. The Morgan fingerprint density at radius 2 is 1.80 bits per heavy atom. The number of nitrogens with zero attached hydrogens (tertiary/aromatic N) is 1. The molecule has 1 unspecified atom stereocenters. The molecule has 1 atom stereocenters. The van der Waals surface area contributed by atoms with Crippen LogP contribution >= 0.6 is 0 Å². The summed E-state index contributed by atoms with van der Waals surface area (Å²) in [6.07, 6.45) is 6.66. The van der Waals surface area contributed by atoms with Gasteiger partial charge in [0.05, 0.1) is 0 Å². The lowest BCUT2D eigenvalue weighted by molar-refractivity contribution is 0.313. The lowest BCUT2D eigenvalue weighted by atomic mass is 9.85. The molecule has 1 aromatic rings. The van der Waals surface area contributed by atoms with Crippen LogP contribution in [0.15, 0.2) is 24.3 Å². The van der Waals surface area contributed by atoms with Crippen LogP contribution in [-0.4, -0.2) is 25.0 Å². The van der Waals surface area contributed by atoms with Crippen molar-refractivity contribution in [3.63, 3.8) is 0 Å². The van der Waals surface area contributed by atoms with Gasteiger partial charge in [0, 0.05) is 18.3 Å². The van der Waals surface area contributed by atoms with Crippen molar-refractivity contribution in [3.05, 3.63) is 29.8 Å². The molecule has 0 aliphatic heterocycles. The van der Waals surface area contributed by atoms with E-state index >= 15 is 0 Å². The number of rotatable bonds is 4. The fourth-order valence-corrected chi connectivity index (χ4v) is 3.11. The molecule has 1 saturated carbocycles. The number of hydrogen-bond acceptors (Lipinski definition) is 2. The summed E-state index contributed by atoms with van der Waals surface area (Å²) in [5.74, 6) is 0. The quantitative estimate of drug-likeness (QED) is 0.812. The first kappa shape index (κ1) is 15.4. The molecule has 1 aliphatic rings. The number of hydrogen-bond donors (Lipinski definition) is 1. The highest BCUT2D eigenvalue weighted by Crippen LogP contribution is 2.34. The molecule has 2 heteroatoms. The minimum Gasteiger partial charge on any atom is -0.382 e. The maximum absolute atomic E-state index is 3.73. The van der Waals surface area contributed by atoms with Gasteiger partial charge in [-0.25, -0.2) is 0 Å². The minimum atomic E-state index is 0.534. The van der Waals surface area contributed by atoms with Gasteiger partial charge in [0.1, 0.15) is 0 Å². The molecule has 0 aromatic heterocycles. The monoisotopic (exact) mass is 274 g/mol. The summed E-state index contributed by atoms with van der Waals surface area (Å²) in [4.78, 5) is 2.20. The van der Waals surface area contributed by atoms with Gasteiger partial charge in [0.2, 0.25) is 0 Å². The zero-order valence-electron chi connectivity index (χ0n) is 13.6. The summed E-state index contributed by atoms with van der Waals surface area (Å²) < 4.78 is 0. The first-order valence-corrected chi connectivity index (χ1v) is 7.95. The lowest BCUT2D eigenvalue weighted by Crippen LogP contribution is -2.19. The van der Waals surface area contributed by atoms with E-state index < -0.39 is 0 Å². The summed E-state index contributed by atoms with van der Waals surface area (Å²) >= 11 is 0. The zero-order chi connectivity index (χ0) is 14.6. The Balaban J connectivity index is 1.89. The van der Waals surface area contributed by atoms with Crippen LogP contribution in [0.1, 0.15) is 51.5 Å². The van der Waals surface area contributed by atoms with Crippen molar-refractivity contribution in [2.75, 3.05) is 19.4 Å². The molecule has 0 amide bonds. The molecule has 1 N–H and O–H groups in total. The molecule has 2 nitrogen and oxygen atoms in total. The third kappa shape index (κ3) is 4.82. The molecule has 0 bridgehead atoms. The average Bonchev–Trinajstić information content (AvgIpc) is 2.53. The number of anilines is 1. The van der Waals surface area contributed by atoms with Crippen LogP contribution < -0.4 is 5.32 Å². The lowest BCUT2D eigenvalue weighted by Gasteiger charge is -2.22. The maximum atomic E-state index is 3.73. The van der Waals surface area contributed by atoms with Crippen LogP contribution in [0.25, 0.3) is 0 Å². The number of nitrogens with one attached hydrogen (secondary N) is 1. The molecule has 1 aromatic carbocycles. The molecule has 0 radical (unpaired) electrons. The molecule has 2 rings (SSSR count). The fourth-order valence-electron chi connectivity index (χ4n) is 3.11. The Morgan fingerprint density at radius 1 is 1.10 bits per heavy atom. The summed E-state index contributed by atoms with van der Waals surface area (Å²) in [5.41, 5.74) is 3.19. The fraction of sp³-hybridized carbons (Fsp3) is 0.667. The standard InChI is InChI=1S/C18H30N2/c1-18(2)12-5-6-16(11-13-18)19-17-9-7-15(8-10-17)14-20(3)4/h7-10,16,19H,5-6,11-14H2,1-4H3. The van der Waals surface area contributed by atoms with Crippen LogP contribution in [0.3, 0.4) is 0 Å². The normalized spacial score (nSPS) is 22.6. The molecule has 0 heterocycles. The SMILES string of the molecule is CN(C)Cc1ccc(NC2CCCC(C)(C)CC2)cc1. The van der Waals surface area contributed by atoms with Gasteiger partial charge in [-0.05, 0) is 62.9 Å². The van der Waals surface area contributed by atoms with Crippen molar-refractivity contribution >= 4 is 5.69 Å². The van der Waals surface area contributed by atoms with Gasteiger partial charge in [-0.15, -0.1) is 0 Å². The van der Waals surface area contributed by atoms with Crippen LogP contribution in [0, 0.1) is 5.41 Å². The van der Waals surface area contributed by atoms with Crippen molar-refractivity contribution in [1.29, 1.82) is 0 Å². The first-order chi connectivity index (χ1) is 9.44. The third-order valence-corrected chi connectivity index (χ3v) is 4.40. The number of benzene rings is 1. The van der Waals surface area contributed by atoms with E-state index in [-0.39, 0.29) is 0 Å². The Labute approximate surface area is 124 Å². The van der Waals surface area contributed by atoms with Gasteiger partial charge in [0.15, 0.2) is 0 Å². The van der Waals surface area contributed by atoms with E-state index in [1.165, 1.54) is 43.4 Å². The second-order valence-corrected chi connectivity index (χ2v) is 7.37. The summed E-state index contributed by atoms with van der Waals surface area (Å²) in [6.45, 7) is 5.83. The van der Waals surface area contributed by atoms with E-state index in [1.54, 1.807) is 0 Å². The van der Waals surface area contributed by atoms with Gasteiger partial charge in [-0.2, -0.15) is 0 Å². The zero-order valence-corrected chi connectivity index (χ0v) is 13.6.